The van der Waals surface area contributed by atoms with E-state index in [4.69, 9.17) is 5.73 Å². The normalized spacial score (nSPS) is 11.4. The molecule has 0 unspecified atom stereocenters. The second-order valence-corrected chi connectivity index (χ2v) is 6.26. The molecule has 0 bridgehead atoms. The Hall–Kier alpha value is 0.206. The van der Waals surface area contributed by atoms with Gasteiger partial charge in [0.15, 0.2) is 0 Å². The number of ether oxygens (including phenoxy) is 1. The molecule has 0 aliphatic carbocycles. The third-order valence-corrected chi connectivity index (χ3v) is 3.89. The van der Waals surface area contributed by atoms with Gasteiger partial charge in [-0.15, -0.1) is 0 Å². The van der Waals surface area contributed by atoms with E-state index < -0.39 is 30.4 Å². The molecule has 0 radical (unpaired) electrons. The summed E-state index contributed by atoms with van der Waals surface area (Å²) in [5, 5.41) is 10.3. The summed E-state index contributed by atoms with van der Waals surface area (Å²) >= 11 is 0. The van der Waals surface area contributed by atoms with Gasteiger partial charge >= 0.3 is 63.3 Å². The van der Waals surface area contributed by atoms with E-state index in [9.17, 15) is 19.5 Å². The van der Waals surface area contributed by atoms with Crippen LogP contribution in [0.1, 0.15) is 90.4 Å². The number of aliphatic carboxylic acids is 1. The SMILES string of the molecule is CCCCCCCCCCCCCC(=O)OC(=O)[C@@H](N)CC(=O)[O-].[K+]. The molecule has 0 rings (SSSR count). The number of esters is 2. The Morgan fingerprint density at radius 2 is 1.32 bits per heavy atom. The minimum Gasteiger partial charge on any atom is -0.550 e. The fourth-order valence-electron chi connectivity index (χ4n) is 2.44. The van der Waals surface area contributed by atoms with Crippen LogP contribution in [0.4, 0.5) is 0 Å². The topological polar surface area (TPSA) is 110 Å². The molecule has 25 heavy (non-hydrogen) atoms. The number of hydrogen-bond donors (Lipinski definition) is 1. The predicted molar refractivity (Wildman–Crippen MR) is 89.8 cm³/mol. The average molecular weight is 382 g/mol. The van der Waals surface area contributed by atoms with Gasteiger partial charge in [0.2, 0.25) is 0 Å². The molecule has 0 aliphatic rings. The monoisotopic (exact) mass is 381 g/mol. The van der Waals surface area contributed by atoms with Gasteiger partial charge in [0.05, 0.1) is 0 Å². The van der Waals surface area contributed by atoms with Crippen LogP contribution in [0.25, 0.3) is 0 Å². The maximum absolute atomic E-state index is 11.4. The fourth-order valence-corrected chi connectivity index (χ4v) is 2.44. The van der Waals surface area contributed by atoms with Crippen LogP contribution in [-0.4, -0.2) is 23.9 Å². The third kappa shape index (κ3) is 18.8. The Kier molecular flexibility index (Phi) is 20.8. The van der Waals surface area contributed by atoms with Crippen molar-refractivity contribution < 1.29 is 75.6 Å². The van der Waals surface area contributed by atoms with Gasteiger partial charge in [-0.1, -0.05) is 71.1 Å². The van der Waals surface area contributed by atoms with Crippen LogP contribution in [0.3, 0.4) is 0 Å². The van der Waals surface area contributed by atoms with Crippen LogP contribution in [0, 0.1) is 0 Å². The predicted octanol–water partition coefficient (Wildman–Crippen LogP) is -0.771. The summed E-state index contributed by atoms with van der Waals surface area (Å²) in [6, 6.07) is -1.35. The number of carbonyl (C=O) groups is 3. The molecule has 6 nitrogen and oxygen atoms in total. The maximum atomic E-state index is 11.4. The Morgan fingerprint density at radius 3 is 1.76 bits per heavy atom. The minimum absolute atomic E-state index is 0. The molecule has 0 spiro atoms. The number of carboxylic acid groups (broad SMARTS) is 1. The molecule has 1 atom stereocenters. The summed E-state index contributed by atoms with van der Waals surface area (Å²) in [6.07, 6.45) is 12.4. The molecule has 0 saturated heterocycles. The van der Waals surface area contributed by atoms with Crippen molar-refractivity contribution in [3.8, 4) is 0 Å². The molecule has 0 fully saturated rings. The largest absolute Gasteiger partial charge is 1.00 e. The van der Waals surface area contributed by atoms with Crippen molar-refractivity contribution in [1.82, 2.24) is 0 Å². The molecule has 0 aromatic rings. The number of rotatable bonds is 15. The van der Waals surface area contributed by atoms with Gasteiger partial charge in [0.1, 0.15) is 6.04 Å². The summed E-state index contributed by atoms with van der Waals surface area (Å²) in [7, 11) is 0. The van der Waals surface area contributed by atoms with E-state index in [-0.39, 0.29) is 57.8 Å². The van der Waals surface area contributed by atoms with E-state index in [1.807, 2.05) is 0 Å². The van der Waals surface area contributed by atoms with E-state index in [0.29, 0.717) is 6.42 Å². The average Bonchev–Trinajstić information content (AvgIpc) is 2.51. The molecule has 0 amide bonds. The zero-order chi connectivity index (χ0) is 18.2. The van der Waals surface area contributed by atoms with Gasteiger partial charge in [0.25, 0.3) is 0 Å². The van der Waals surface area contributed by atoms with Crippen molar-refractivity contribution in [2.75, 3.05) is 0 Å². The first-order valence-electron chi connectivity index (χ1n) is 9.17. The molecule has 140 valence electrons. The van der Waals surface area contributed by atoms with Gasteiger partial charge in [0, 0.05) is 18.8 Å². The zero-order valence-corrected chi connectivity index (χ0v) is 19.0. The Balaban J connectivity index is 0. The molecule has 2 N–H and O–H groups in total. The second-order valence-electron chi connectivity index (χ2n) is 6.26. The first-order chi connectivity index (χ1) is 11.5. The van der Waals surface area contributed by atoms with Crippen LogP contribution in [-0.2, 0) is 19.1 Å². The standard InChI is InChI=1S/C18H33NO5.K/c1-2-3-4-5-6-7-8-9-10-11-12-13-17(22)24-18(23)15(19)14-16(20)21;/h15H,2-14,19H2,1H3,(H,20,21);/q;+1/p-1/t15-;/m0./s1. The molecule has 0 aromatic carbocycles. The summed E-state index contributed by atoms with van der Waals surface area (Å²) in [5.41, 5.74) is 5.28. The van der Waals surface area contributed by atoms with Crippen molar-refractivity contribution in [3.05, 3.63) is 0 Å². The van der Waals surface area contributed by atoms with E-state index in [0.717, 1.165) is 19.3 Å². The Morgan fingerprint density at radius 1 is 0.880 bits per heavy atom. The quantitative estimate of drug-likeness (QED) is 0.173. The molecule has 7 heteroatoms. The van der Waals surface area contributed by atoms with Crippen molar-refractivity contribution in [2.24, 2.45) is 5.73 Å². The minimum atomic E-state index is -1.45. The van der Waals surface area contributed by atoms with Crippen molar-refractivity contribution in [3.63, 3.8) is 0 Å². The van der Waals surface area contributed by atoms with Crippen LogP contribution < -0.4 is 62.2 Å². The van der Waals surface area contributed by atoms with Crippen LogP contribution >= 0.6 is 0 Å². The zero-order valence-electron chi connectivity index (χ0n) is 15.9. The summed E-state index contributed by atoms with van der Waals surface area (Å²) in [5.74, 6) is -3.10. The Labute approximate surface area is 194 Å². The summed E-state index contributed by atoms with van der Waals surface area (Å²) in [6.45, 7) is 2.22. The van der Waals surface area contributed by atoms with Gasteiger partial charge < -0.3 is 20.4 Å². The Bertz CT molecular complexity index is 376. The first kappa shape index (κ1) is 27.4. The number of carbonyl (C=O) groups excluding carboxylic acids is 3. The molecule has 0 aliphatic heterocycles. The fraction of sp³-hybridized carbons (Fsp3) is 0.833. The van der Waals surface area contributed by atoms with Gasteiger partial charge in [-0.05, 0) is 6.42 Å². The number of nitrogens with two attached hydrogens (primary N) is 1. The van der Waals surface area contributed by atoms with Crippen LogP contribution in [0.5, 0.6) is 0 Å². The van der Waals surface area contributed by atoms with Crippen LogP contribution in [0.2, 0.25) is 0 Å². The second kappa shape index (κ2) is 19.0. The molecule has 0 saturated carbocycles. The van der Waals surface area contributed by atoms with E-state index >= 15 is 0 Å². The smallest absolute Gasteiger partial charge is 0.550 e. The maximum Gasteiger partial charge on any atom is 1.00 e. The van der Waals surface area contributed by atoms with Gasteiger partial charge in [-0.25, -0.2) is 4.79 Å². The molecule has 0 heterocycles. The number of carboxylic acids is 1. The van der Waals surface area contributed by atoms with Crippen molar-refractivity contribution >= 4 is 17.9 Å². The summed E-state index contributed by atoms with van der Waals surface area (Å²) < 4.78 is 4.51. The number of hydrogen-bond acceptors (Lipinski definition) is 6. The van der Waals surface area contributed by atoms with E-state index in [2.05, 4.69) is 11.7 Å². The third-order valence-electron chi connectivity index (χ3n) is 3.89. The van der Waals surface area contributed by atoms with Gasteiger partial charge in [-0.3, -0.25) is 4.79 Å². The number of unbranched alkanes of at least 4 members (excludes halogenated alkanes) is 10. The van der Waals surface area contributed by atoms with Gasteiger partial charge in [-0.2, -0.15) is 0 Å². The van der Waals surface area contributed by atoms with Crippen molar-refractivity contribution in [1.29, 1.82) is 0 Å². The molecular formula is C18H32KNO5. The summed E-state index contributed by atoms with van der Waals surface area (Å²) in [4.78, 5) is 33.1. The van der Waals surface area contributed by atoms with E-state index in [1.54, 1.807) is 0 Å². The molecule has 0 aromatic heterocycles. The molecular weight excluding hydrogens is 349 g/mol. The van der Waals surface area contributed by atoms with E-state index in [1.165, 1.54) is 44.9 Å². The van der Waals surface area contributed by atoms with Crippen molar-refractivity contribution in [2.45, 2.75) is 96.4 Å². The first-order valence-corrected chi connectivity index (χ1v) is 9.17. The van der Waals surface area contributed by atoms with Crippen LogP contribution in [0.15, 0.2) is 0 Å².